The van der Waals surface area contributed by atoms with E-state index < -0.39 is 0 Å². The van der Waals surface area contributed by atoms with Crippen LogP contribution in [0.25, 0.3) is 0 Å². The van der Waals surface area contributed by atoms with Crippen molar-refractivity contribution >= 4 is 17.2 Å². The number of benzene rings is 2. The minimum absolute atomic E-state index is 0.0541. The van der Waals surface area contributed by atoms with Gasteiger partial charge in [-0.3, -0.25) is 9.69 Å². The van der Waals surface area contributed by atoms with Crippen molar-refractivity contribution in [3.05, 3.63) is 113 Å². The van der Waals surface area contributed by atoms with Crippen LogP contribution in [0, 0.1) is 0 Å². The van der Waals surface area contributed by atoms with E-state index in [2.05, 4.69) is 27.3 Å². The van der Waals surface area contributed by atoms with Crippen LogP contribution in [0.4, 0.5) is 0 Å². The number of hydrogen-bond donors (Lipinski definition) is 1. The van der Waals surface area contributed by atoms with E-state index >= 15 is 0 Å². The van der Waals surface area contributed by atoms with Crippen LogP contribution in [-0.4, -0.2) is 22.3 Å². The molecule has 4 aromatic rings. The van der Waals surface area contributed by atoms with E-state index in [0.717, 1.165) is 21.9 Å². The van der Waals surface area contributed by atoms with Gasteiger partial charge >= 0.3 is 0 Å². The van der Waals surface area contributed by atoms with Crippen LogP contribution in [0.1, 0.15) is 27.9 Å². The Hall–Kier alpha value is -3.22. The summed E-state index contributed by atoms with van der Waals surface area (Å²) in [5.41, 5.74) is 2.16. The topological polar surface area (TPSA) is 58.4 Å². The van der Waals surface area contributed by atoms with Gasteiger partial charge in [-0.15, -0.1) is 11.3 Å². The molecule has 2 aromatic heterocycles. The van der Waals surface area contributed by atoms with E-state index in [1.165, 1.54) is 11.3 Å². The Morgan fingerprint density at radius 2 is 1.77 bits per heavy atom. The van der Waals surface area contributed by atoms with Gasteiger partial charge in [0.25, 0.3) is 0 Å². The van der Waals surface area contributed by atoms with Crippen molar-refractivity contribution in [3.8, 4) is 0 Å². The minimum atomic E-state index is -0.263. The summed E-state index contributed by atoms with van der Waals surface area (Å²) in [5, 5.41) is 5.97. The molecule has 5 nitrogen and oxygen atoms in total. The van der Waals surface area contributed by atoms with Gasteiger partial charge in [0.15, 0.2) is 0 Å². The summed E-state index contributed by atoms with van der Waals surface area (Å²) in [5.74, 6) is 0.778. The maximum absolute atomic E-state index is 13.0. The molecule has 0 saturated carbocycles. The van der Waals surface area contributed by atoms with Crippen LogP contribution >= 0.6 is 11.3 Å². The van der Waals surface area contributed by atoms with Crippen molar-refractivity contribution in [2.45, 2.75) is 19.1 Å². The van der Waals surface area contributed by atoms with Gasteiger partial charge in [0.1, 0.15) is 16.8 Å². The quantitative estimate of drug-likeness (QED) is 0.431. The predicted octanol–water partition coefficient (Wildman–Crippen LogP) is 4.64. The van der Waals surface area contributed by atoms with Crippen LogP contribution < -0.4 is 5.32 Å². The minimum Gasteiger partial charge on any atom is -0.468 e. The normalized spacial score (nSPS) is 12.0. The highest BCUT2D eigenvalue weighted by molar-refractivity contribution is 7.09. The number of furan rings is 1. The molecule has 6 heteroatoms. The summed E-state index contributed by atoms with van der Waals surface area (Å²) in [4.78, 5) is 19.6. The molecule has 1 N–H and O–H groups in total. The molecule has 0 radical (unpaired) electrons. The van der Waals surface area contributed by atoms with Gasteiger partial charge in [-0.1, -0.05) is 60.7 Å². The van der Waals surface area contributed by atoms with Gasteiger partial charge in [0, 0.05) is 18.1 Å². The Morgan fingerprint density at radius 3 is 2.43 bits per heavy atom. The predicted molar refractivity (Wildman–Crippen MR) is 118 cm³/mol. The van der Waals surface area contributed by atoms with Crippen LogP contribution in [0.2, 0.25) is 0 Å². The summed E-state index contributed by atoms with van der Waals surface area (Å²) in [6, 6.07) is 23.6. The second kappa shape index (κ2) is 10.0. The van der Waals surface area contributed by atoms with Gasteiger partial charge in [0.05, 0.1) is 19.4 Å². The van der Waals surface area contributed by atoms with Gasteiger partial charge in [-0.05, 0) is 23.3 Å². The first kappa shape index (κ1) is 20.1. The van der Waals surface area contributed by atoms with Crippen LogP contribution in [0.5, 0.6) is 0 Å². The van der Waals surface area contributed by atoms with E-state index in [1.807, 2.05) is 66.0 Å². The lowest BCUT2D eigenvalue weighted by Crippen LogP contribution is -2.38. The van der Waals surface area contributed by atoms with Crippen molar-refractivity contribution < 1.29 is 9.21 Å². The van der Waals surface area contributed by atoms with Crippen LogP contribution in [-0.2, 0) is 17.9 Å². The second-order valence-electron chi connectivity index (χ2n) is 6.99. The molecule has 152 valence electrons. The fourth-order valence-electron chi connectivity index (χ4n) is 3.35. The molecule has 2 aromatic carbocycles. The van der Waals surface area contributed by atoms with E-state index in [0.29, 0.717) is 13.1 Å². The van der Waals surface area contributed by atoms with Crippen molar-refractivity contribution in [2.75, 3.05) is 6.54 Å². The fourth-order valence-corrected chi connectivity index (χ4v) is 4.07. The molecule has 0 bridgehead atoms. The van der Waals surface area contributed by atoms with Gasteiger partial charge < -0.3 is 9.73 Å². The maximum atomic E-state index is 13.0. The molecular formula is C24H23N3O2S. The number of aromatic nitrogens is 1. The van der Waals surface area contributed by atoms with Crippen molar-refractivity contribution in [2.24, 2.45) is 0 Å². The molecule has 0 aliphatic heterocycles. The van der Waals surface area contributed by atoms with E-state index in [4.69, 9.17) is 4.42 Å². The molecule has 2 heterocycles. The maximum Gasteiger partial charge on any atom is 0.235 e. The third-order valence-corrected chi connectivity index (χ3v) is 5.55. The summed E-state index contributed by atoms with van der Waals surface area (Å²) in [6.45, 7) is 1.47. The van der Waals surface area contributed by atoms with E-state index in [-0.39, 0.29) is 18.5 Å². The molecule has 1 atom stereocenters. The number of hydrogen-bond acceptors (Lipinski definition) is 5. The zero-order valence-electron chi connectivity index (χ0n) is 16.5. The molecule has 0 aliphatic carbocycles. The van der Waals surface area contributed by atoms with Crippen LogP contribution in [0.3, 0.4) is 0 Å². The van der Waals surface area contributed by atoms with Crippen LogP contribution in [0.15, 0.2) is 95.1 Å². The lowest BCUT2D eigenvalue weighted by Gasteiger charge is -2.23. The van der Waals surface area contributed by atoms with E-state index in [9.17, 15) is 4.79 Å². The zero-order valence-corrected chi connectivity index (χ0v) is 17.3. The Labute approximate surface area is 180 Å². The Morgan fingerprint density at radius 1 is 1.00 bits per heavy atom. The fraction of sp³-hybridized carbons (Fsp3) is 0.167. The summed E-state index contributed by atoms with van der Waals surface area (Å²) >= 11 is 1.54. The highest BCUT2D eigenvalue weighted by atomic mass is 32.1. The zero-order chi connectivity index (χ0) is 20.6. The van der Waals surface area contributed by atoms with Crippen molar-refractivity contribution in [3.63, 3.8) is 0 Å². The SMILES string of the molecule is O=C(CN(Cc1ccccc1)Cc1ccco1)NC(c1ccccc1)c1nccs1. The summed E-state index contributed by atoms with van der Waals surface area (Å²) in [6.07, 6.45) is 3.42. The molecule has 0 aliphatic rings. The average molecular weight is 418 g/mol. The molecule has 0 saturated heterocycles. The number of carbonyl (C=O) groups is 1. The van der Waals surface area contributed by atoms with Gasteiger partial charge in [-0.25, -0.2) is 4.98 Å². The lowest BCUT2D eigenvalue weighted by molar-refractivity contribution is -0.123. The molecule has 0 fully saturated rings. The number of carbonyl (C=O) groups excluding carboxylic acids is 1. The molecule has 1 amide bonds. The number of thiazole rings is 1. The Bertz CT molecular complexity index is 1020. The monoisotopic (exact) mass is 417 g/mol. The average Bonchev–Trinajstić information content (AvgIpc) is 3.48. The first-order valence-corrected chi connectivity index (χ1v) is 10.7. The molecule has 30 heavy (non-hydrogen) atoms. The smallest absolute Gasteiger partial charge is 0.235 e. The van der Waals surface area contributed by atoms with E-state index in [1.54, 1.807) is 12.5 Å². The lowest BCUT2D eigenvalue weighted by atomic mass is 10.1. The highest BCUT2D eigenvalue weighted by Gasteiger charge is 2.21. The molecule has 0 spiro atoms. The highest BCUT2D eigenvalue weighted by Crippen LogP contribution is 2.23. The van der Waals surface area contributed by atoms with Gasteiger partial charge in [-0.2, -0.15) is 0 Å². The Balaban J connectivity index is 1.49. The molecule has 4 rings (SSSR count). The first-order valence-electron chi connectivity index (χ1n) is 9.80. The summed E-state index contributed by atoms with van der Waals surface area (Å²) in [7, 11) is 0. The third-order valence-electron chi connectivity index (χ3n) is 4.71. The number of rotatable bonds is 9. The molecule has 1 unspecified atom stereocenters. The number of nitrogens with one attached hydrogen (secondary N) is 1. The van der Waals surface area contributed by atoms with Crippen molar-refractivity contribution in [1.29, 1.82) is 0 Å². The standard InChI is InChI=1S/C24H23N3O2S/c28-22(26-23(24-25-13-15-30-24)20-10-5-2-6-11-20)18-27(17-21-12-7-14-29-21)16-19-8-3-1-4-9-19/h1-15,23H,16-18H2,(H,26,28). The largest absolute Gasteiger partial charge is 0.468 e. The number of amides is 1. The Kier molecular flexibility index (Phi) is 6.69. The summed E-state index contributed by atoms with van der Waals surface area (Å²) < 4.78 is 5.51. The third kappa shape index (κ3) is 5.43. The first-order chi connectivity index (χ1) is 14.8. The molecular weight excluding hydrogens is 394 g/mol. The number of nitrogens with zero attached hydrogens (tertiary/aromatic N) is 2. The second-order valence-corrected chi connectivity index (χ2v) is 7.92. The van der Waals surface area contributed by atoms with Gasteiger partial charge in [0.2, 0.25) is 5.91 Å². The van der Waals surface area contributed by atoms with Crippen molar-refractivity contribution in [1.82, 2.24) is 15.2 Å².